The fraction of sp³-hybridized carbons (Fsp3) is 0.115. The van der Waals surface area contributed by atoms with Crippen molar-refractivity contribution >= 4 is 28.6 Å². The maximum Gasteiger partial charge on any atom is 1.00 e. The van der Waals surface area contributed by atoms with E-state index in [1.807, 2.05) is 72.2 Å². The Kier molecular flexibility index (Phi) is 7.53. The van der Waals surface area contributed by atoms with Crippen LogP contribution in [0.15, 0.2) is 72.8 Å². The Hall–Kier alpha value is -3.19. The first-order chi connectivity index (χ1) is 15.4. The number of hydrogen-bond donors (Lipinski definition) is 1. The van der Waals surface area contributed by atoms with Crippen molar-refractivity contribution in [1.29, 1.82) is 0 Å². The SMILES string of the molecule is Cc1c(CC(N)=O)c2c(C(=O)C(=O)[O-])cccc2n1Cc1ccccc1-c1ccccc1.[Na+]. The van der Waals surface area contributed by atoms with E-state index in [0.29, 0.717) is 23.0 Å². The average Bonchev–Trinajstić information content (AvgIpc) is 3.05. The number of benzene rings is 3. The number of carboxylic acids is 1. The number of aliphatic carboxylic acids is 1. The Bertz CT molecular complexity index is 1360. The zero-order chi connectivity index (χ0) is 22.8. The Labute approximate surface area is 213 Å². The molecule has 0 spiro atoms. The number of ketones is 1. The molecule has 7 heteroatoms. The van der Waals surface area contributed by atoms with Gasteiger partial charge in [0.1, 0.15) is 5.97 Å². The van der Waals surface area contributed by atoms with Crippen molar-refractivity contribution in [2.45, 2.75) is 19.9 Å². The summed E-state index contributed by atoms with van der Waals surface area (Å²) in [6, 6.07) is 22.9. The molecule has 0 saturated heterocycles. The largest absolute Gasteiger partial charge is 1.00 e. The fourth-order valence-corrected chi connectivity index (χ4v) is 4.23. The Morgan fingerprint density at radius 2 is 1.58 bits per heavy atom. The monoisotopic (exact) mass is 448 g/mol. The van der Waals surface area contributed by atoms with Gasteiger partial charge in [-0.1, -0.05) is 66.7 Å². The van der Waals surface area contributed by atoms with E-state index < -0.39 is 17.7 Å². The third-order valence-corrected chi connectivity index (χ3v) is 5.69. The molecule has 0 aliphatic rings. The van der Waals surface area contributed by atoms with E-state index in [0.717, 1.165) is 22.4 Å². The van der Waals surface area contributed by atoms with Gasteiger partial charge in [0.15, 0.2) is 0 Å². The Balaban J connectivity index is 0.00000306. The number of carbonyl (C=O) groups excluding carboxylic acids is 3. The Morgan fingerprint density at radius 1 is 0.909 bits per heavy atom. The summed E-state index contributed by atoms with van der Waals surface area (Å²) in [5.41, 5.74) is 10.6. The van der Waals surface area contributed by atoms with E-state index >= 15 is 0 Å². The normalized spacial score (nSPS) is 10.6. The van der Waals surface area contributed by atoms with Gasteiger partial charge in [-0.15, -0.1) is 0 Å². The summed E-state index contributed by atoms with van der Waals surface area (Å²) < 4.78 is 1.99. The second-order valence-electron chi connectivity index (χ2n) is 7.63. The van der Waals surface area contributed by atoms with Gasteiger partial charge < -0.3 is 20.2 Å². The summed E-state index contributed by atoms with van der Waals surface area (Å²) in [6.45, 7) is 2.31. The quantitative estimate of drug-likeness (QED) is 0.237. The van der Waals surface area contributed by atoms with Crippen LogP contribution >= 0.6 is 0 Å². The molecule has 0 aliphatic carbocycles. The molecular weight excluding hydrogens is 427 g/mol. The average molecular weight is 448 g/mol. The summed E-state index contributed by atoms with van der Waals surface area (Å²) in [7, 11) is 0. The molecule has 1 aromatic heterocycles. The van der Waals surface area contributed by atoms with Gasteiger partial charge in [-0.05, 0) is 35.2 Å². The molecule has 0 radical (unpaired) electrons. The summed E-state index contributed by atoms with van der Waals surface area (Å²) in [6.07, 6.45) is -0.104. The van der Waals surface area contributed by atoms with Crippen LogP contribution in [0.25, 0.3) is 22.0 Å². The number of fused-ring (bicyclic) bond motifs is 1. The van der Waals surface area contributed by atoms with Crippen LogP contribution in [0, 0.1) is 6.92 Å². The molecular formula is C26H21N2NaO4. The maximum atomic E-state index is 12.3. The van der Waals surface area contributed by atoms with Crippen LogP contribution in [0.1, 0.15) is 27.2 Å². The van der Waals surface area contributed by atoms with Gasteiger partial charge in [-0.2, -0.15) is 0 Å². The second-order valence-corrected chi connectivity index (χ2v) is 7.63. The van der Waals surface area contributed by atoms with Gasteiger partial charge in [-0.3, -0.25) is 9.59 Å². The third kappa shape index (κ3) is 4.78. The number of carbonyl (C=O) groups is 3. The smallest absolute Gasteiger partial charge is 0.541 e. The minimum absolute atomic E-state index is 0. The number of amides is 1. The first-order valence-electron chi connectivity index (χ1n) is 10.2. The van der Waals surface area contributed by atoms with Gasteiger partial charge in [0.25, 0.3) is 0 Å². The molecule has 0 atom stereocenters. The van der Waals surface area contributed by atoms with Gasteiger partial charge in [0, 0.05) is 28.7 Å². The van der Waals surface area contributed by atoms with Gasteiger partial charge >= 0.3 is 29.6 Å². The maximum absolute atomic E-state index is 12.3. The molecule has 33 heavy (non-hydrogen) atoms. The van der Waals surface area contributed by atoms with E-state index in [4.69, 9.17) is 5.73 Å². The van der Waals surface area contributed by atoms with Crippen LogP contribution in [0.5, 0.6) is 0 Å². The van der Waals surface area contributed by atoms with Gasteiger partial charge in [0.05, 0.1) is 6.42 Å². The van der Waals surface area contributed by atoms with E-state index in [1.54, 1.807) is 6.07 Å². The van der Waals surface area contributed by atoms with Gasteiger partial charge in [-0.25, -0.2) is 0 Å². The number of nitrogens with two attached hydrogens (primary N) is 1. The number of Topliss-reactive ketones (excluding diaryl/α,β-unsaturated/α-hetero) is 1. The Morgan fingerprint density at radius 3 is 2.24 bits per heavy atom. The predicted octanol–water partition coefficient (Wildman–Crippen LogP) is -0.371. The van der Waals surface area contributed by atoms with E-state index in [2.05, 4.69) is 0 Å². The topological polar surface area (TPSA) is 105 Å². The van der Waals surface area contributed by atoms with Crippen molar-refractivity contribution in [1.82, 2.24) is 4.57 Å². The first kappa shape index (κ1) is 24.5. The van der Waals surface area contributed by atoms with Crippen molar-refractivity contribution in [3.63, 3.8) is 0 Å². The predicted molar refractivity (Wildman–Crippen MR) is 120 cm³/mol. The molecule has 0 bridgehead atoms. The summed E-state index contributed by atoms with van der Waals surface area (Å²) >= 11 is 0. The van der Waals surface area contributed by atoms with E-state index in [9.17, 15) is 19.5 Å². The molecule has 6 nitrogen and oxygen atoms in total. The van der Waals surface area contributed by atoms with E-state index in [1.165, 1.54) is 6.07 Å². The minimum Gasteiger partial charge on any atom is -0.541 e. The molecule has 0 aliphatic heterocycles. The van der Waals surface area contributed by atoms with Crippen LogP contribution < -0.4 is 40.4 Å². The molecule has 1 heterocycles. The molecule has 3 aromatic carbocycles. The van der Waals surface area contributed by atoms with Crippen molar-refractivity contribution in [3.05, 3.63) is 95.2 Å². The second kappa shape index (κ2) is 10.2. The minimum atomic E-state index is -1.79. The molecule has 1 amide bonds. The first-order valence-corrected chi connectivity index (χ1v) is 10.2. The molecule has 4 aromatic rings. The van der Waals surface area contributed by atoms with Crippen LogP contribution in [0.4, 0.5) is 0 Å². The standard InChI is InChI=1S/C26H22N2O4.Na/c1-16-21(14-23(27)29)24-20(25(30)26(31)32)12-7-13-22(24)28(16)15-18-10-5-6-11-19(18)17-8-3-2-4-9-17;/h2-13H,14-15H2,1H3,(H2,27,29)(H,31,32);/q;+1/p-1. The zero-order valence-corrected chi connectivity index (χ0v) is 20.5. The van der Waals surface area contributed by atoms with Crippen LogP contribution in [0.3, 0.4) is 0 Å². The molecule has 2 N–H and O–H groups in total. The zero-order valence-electron chi connectivity index (χ0n) is 18.5. The van der Waals surface area contributed by atoms with Crippen molar-refractivity contribution < 1.29 is 49.0 Å². The number of primary amides is 1. The molecule has 160 valence electrons. The van der Waals surface area contributed by atoms with Gasteiger partial charge in [0.2, 0.25) is 11.7 Å². The van der Waals surface area contributed by atoms with Crippen molar-refractivity contribution in [3.8, 4) is 11.1 Å². The molecule has 0 unspecified atom stereocenters. The molecule has 0 saturated carbocycles. The number of rotatable bonds is 7. The van der Waals surface area contributed by atoms with Crippen molar-refractivity contribution in [2.75, 3.05) is 0 Å². The number of aromatic nitrogens is 1. The summed E-state index contributed by atoms with van der Waals surface area (Å²) in [4.78, 5) is 35.4. The summed E-state index contributed by atoms with van der Waals surface area (Å²) in [5.74, 6) is -3.47. The number of nitrogens with zero attached hydrogens (tertiary/aromatic N) is 1. The number of carboxylic acid groups (broad SMARTS) is 1. The van der Waals surface area contributed by atoms with Crippen LogP contribution in [-0.2, 0) is 22.6 Å². The third-order valence-electron chi connectivity index (χ3n) is 5.69. The molecule has 4 rings (SSSR count). The van der Waals surface area contributed by atoms with E-state index in [-0.39, 0.29) is 41.5 Å². The van der Waals surface area contributed by atoms with Crippen LogP contribution in [0.2, 0.25) is 0 Å². The number of hydrogen-bond acceptors (Lipinski definition) is 4. The summed E-state index contributed by atoms with van der Waals surface area (Å²) in [5, 5.41) is 11.7. The molecule has 0 fully saturated rings. The van der Waals surface area contributed by atoms with Crippen LogP contribution in [-0.4, -0.2) is 22.2 Å². The van der Waals surface area contributed by atoms with Crippen molar-refractivity contribution in [2.24, 2.45) is 5.73 Å². The fourth-order valence-electron chi connectivity index (χ4n) is 4.23.